The summed E-state index contributed by atoms with van der Waals surface area (Å²) in [5.74, 6) is -0.275. The number of fused-ring (bicyclic) bond motifs is 8. The van der Waals surface area contributed by atoms with Gasteiger partial charge in [-0.15, -0.1) is 0 Å². The van der Waals surface area contributed by atoms with E-state index < -0.39 is 0 Å². The fraction of sp³-hybridized carbons (Fsp3) is 0.0901. The SMILES string of the molecule is CCCCCC(=O)c1ccnc(-c2cccc(C(=O)NCCCC)c2)c1.COC(=O)c1cc(-c2ccccc2)nc2ccccc12.c1ccc(-c2ccc3ccccc3n2)cc1.c1ccc(-c2ccccn2)cc1.c1ccc(-c2ccccn2)nc1.c1ccc(-c2ccnc3c2ccc2c(-c4ccccc4)ccnc23)cc1.c1cnc2c(c1)ccc1cccnc12. The van der Waals surface area contributed by atoms with Gasteiger partial charge in [-0.2, -0.15) is 0 Å². The Balaban J connectivity index is 0.000000122. The Hall–Kier alpha value is -16.1. The highest BCUT2D eigenvalue weighted by atomic mass is 16.5. The first-order valence-corrected chi connectivity index (χ1v) is 42.2. The zero-order valence-electron chi connectivity index (χ0n) is 70.4. The van der Waals surface area contributed by atoms with Crippen LogP contribution in [0, 0.1) is 0 Å². The van der Waals surface area contributed by atoms with Crippen LogP contribution in [-0.4, -0.2) is 81.2 Å². The average Bonchev–Trinajstić information content (AvgIpc) is 0.775. The molecule has 126 heavy (non-hydrogen) atoms. The van der Waals surface area contributed by atoms with Crippen LogP contribution in [0.2, 0.25) is 0 Å². The lowest BCUT2D eigenvalue weighted by Gasteiger charge is -2.11. The lowest BCUT2D eigenvalue weighted by atomic mass is 9.97. The van der Waals surface area contributed by atoms with Crippen LogP contribution in [0.5, 0.6) is 0 Å². The molecule has 15 nitrogen and oxygen atoms in total. The van der Waals surface area contributed by atoms with Gasteiger partial charge in [-0.3, -0.25) is 49.5 Å². The number of nitrogens with zero attached hydrogens (tertiary/aromatic N) is 10. The topological polar surface area (TPSA) is 201 Å². The third-order valence-electron chi connectivity index (χ3n) is 20.6. The zero-order valence-corrected chi connectivity index (χ0v) is 70.4. The van der Waals surface area contributed by atoms with Crippen LogP contribution in [0.25, 0.3) is 144 Å². The number of aromatic nitrogens is 10. The highest BCUT2D eigenvalue weighted by Gasteiger charge is 2.17. The molecule has 0 aliphatic heterocycles. The van der Waals surface area contributed by atoms with E-state index in [1.807, 2.05) is 231 Å². The first kappa shape index (κ1) is 86.3. The Morgan fingerprint density at radius 2 is 0.722 bits per heavy atom. The van der Waals surface area contributed by atoms with E-state index in [0.29, 0.717) is 29.7 Å². The maximum atomic E-state index is 12.3. The molecule has 0 atom stereocenters. The number of pyridine rings is 10. The van der Waals surface area contributed by atoms with Gasteiger partial charge in [0.1, 0.15) is 0 Å². The van der Waals surface area contributed by atoms with Crippen molar-refractivity contribution in [2.75, 3.05) is 13.7 Å². The van der Waals surface area contributed by atoms with E-state index in [0.717, 1.165) is 149 Å². The quantitative estimate of drug-likeness (QED) is 0.0390. The molecular formula is C111H93N11O4. The fourth-order valence-electron chi connectivity index (χ4n) is 14.2. The fourth-order valence-corrected chi connectivity index (χ4v) is 14.2. The number of para-hydroxylation sites is 2. The molecule has 15 heteroatoms. The van der Waals surface area contributed by atoms with Crippen molar-refractivity contribution in [3.05, 3.63) is 436 Å². The molecule has 0 aliphatic carbocycles. The number of benzene rings is 10. The van der Waals surface area contributed by atoms with Gasteiger partial charge in [0.05, 0.1) is 79.9 Å². The van der Waals surface area contributed by atoms with E-state index in [1.54, 1.807) is 49.2 Å². The Bertz CT molecular complexity index is 6540. The van der Waals surface area contributed by atoms with Gasteiger partial charge in [0.15, 0.2) is 5.78 Å². The third-order valence-corrected chi connectivity index (χ3v) is 20.6. The van der Waals surface area contributed by atoms with Gasteiger partial charge in [-0.25, -0.2) is 14.8 Å². The van der Waals surface area contributed by atoms with E-state index in [9.17, 15) is 14.4 Å². The van der Waals surface area contributed by atoms with Crippen LogP contribution in [0.4, 0.5) is 0 Å². The van der Waals surface area contributed by atoms with Crippen molar-refractivity contribution in [2.45, 2.75) is 52.4 Å². The van der Waals surface area contributed by atoms with Crippen LogP contribution < -0.4 is 5.32 Å². The minimum absolute atomic E-state index is 0.0768. The van der Waals surface area contributed by atoms with Crippen molar-refractivity contribution >= 4 is 83.1 Å². The molecule has 0 bridgehead atoms. The van der Waals surface area contributed by atoms with Crippen LogP contribution >= 0.6 is 0 Å². The molecule has 20 aromatic rings. The number of ether oxygens (including phenoxy) is 1. The van der Waals surface area contributed by atoms with E-state index in [-0.39, 0.29) is 17.7 Å². The minimum Gasteiger partial charge on any atom is -0.465 e. The summed E-state index contributed by atoms with van der Waals surface area (Å²) in [6.07, 6.45) is 20.0. The van der Waals surface area contributed by atoms with E-state index >= 15 is 0 Å². The summed E-state index contributed by atoms with van der Waals surface area (Å²) in [6, 6.07) is 122. The average molecular weight is 1650 g/mol. The van der Waals surface area contributed by atoms with Gasteiger partial charge < -0.3 is 10.1 Å². The summed E-state index contributed by atoms with van der Waals surface area (Å²) in [5, 5.41) is 9.44. The Morgan fingerprint density at radius 3 is 1.26 bits per heavy atom. The largest absolute Gasteiger partial charge is 0.465 e. The molecule has 0 fully saturated rings. The van der Waals surface area contributed by atoms with Crippen LogP contribution in [0.15, 0.2) is 420 Å². The van der Waals surface area contributed by atoms with Crippen LogP contribution in [-0.2, 0) is 4.74 Å². The summed E-state index contributed by atoms with van der Waals surface area (Å²) in [6.45, 7) is 4.90. The monoisotopic (exact) mass is 1640 g/mol. The third kappa shape index (κ3) is 23.1. The number of esters is 1. The summed E-state index contributed by atoms with van der Waals surface area (Å²) < 4.78 is 4.87. The number of hydrogen-bond acceptors (Lipinski definition) is 14. The summed E-state index contributed by atoms with van der Waals surface area (Å²) in [4.78, 5) is 80.8. The molecule has 0 saturated carbocycles. The zero-order chi connectivity index (χ0) is 86.7. The molecule has 0 saturated heterocycles. The van der Waals surface area contributed by atoms with Gasteiger partial charge in [0.25, 0.3) is 5.91 Å². The Morgan fingerprint density at radius 1 is 0.286 bits per heavy atom. The van der Waals surface area contributed by atoms with Gasteiger partial charge >= 0.3 is 5.97 Å². The maximum absolute atomic E-state index is 12.3. The number of rotatable bonds is 17. The number of Topliss-reactive ketones (excluding diaryl/α,β-unsaturated/α-hetero) is 1. The summed E-state index contributed by atoms with van der Waals surface area (Å²) >= 11 is 0. The minimum atomic E-state index is -0.346. The second kappa shape index (κ2) is 45.0. The molecule has 20 rings (SSSR count). The Labute approximate surface area is 733 Å². The standard InChI is InChI=1S/C24H16N2.C22H28N2O2.C17H13NO2.C15H11N.C12H8N2.C11H9N.C10H8N2/c1-3-7-17(8-4-1)19-13-15-25-23-21(19)11-12-22-20(14-16-26-24(22)23)18-9-5-2-6-10-18;1-3-5-7-11-21(25)18-12-14-23-20(16-18)17-9-8-10-19(15-17)22(26)24-13-6-4-2;1-20-17(19)14-11-16(12-7-3-2-4-8-12)18-15-10-6-5-9-13(14)15;1-2-6-12(7-3-1)15-11-10-13-8-4-5-9-14(13)16-15;1-3-9-5-6-10-4-2-8-14-12(10)11(9)13-7-1;1-2-6-10(7-3-1)11-8-4-5-9-12-11;1-3-7-11-9(5-1)10-6-2-4-8-12-10/h1-16H;8-10,12,14-16H,3-7,11,13H2,1-2H3,(H,24,26);2-11H,1H3;1-11H;1-8H;1-9H;1-8H. The molecule has 10 heterocycles. The second-order valence-corrected chi connectivity index (χ2v) is 29.2. The van der Waals surface area contributed by atoms with Crippen molar-refractivity contribution in [3.63, 3.8) is 0 Å². The van der Waals surface area contributed by atoms with Gasteiger partial charge in [-0.1, -0.05) is 294 Å². The highest BCUT2D eigenvalue weighted by molar-refractivity contribution is 6.12. The van der Waals surface area contributed by atoms with Crippen molar-refractivity contribution < 1.29 is 19.1 Å². The molecule has 1 N–H and O–H groups in total. The lowest BCUT2D eigenvalue weighted by molar-refractivity contribution is 0.0602. The van der Waals surface area contributed by atoms with Crippen molar-refractivity contribution in [1.82, 2.24) is 55.2 Å². The number of unbranched alkanes of at least 4 members (excludes halogenated alkanes) is 3. The molecule has 1 amide bonds. The smallest absolute Gasteiger partial charge is 0.338 e. The molecule has 10 aromatic carbocycles. The summed E-state index contributed by atoms with van der Waals surface area (Å²) in [7, 11) is 1.39. The second-order valence-electron chi connectivity index (χ2n) is 29.2. The molecule has 616 valence electrons. The van der Waals surface area contributed by atoms with Crippen LogP contribution in [0.1, 0.15) is 83.4 Å². The number of carbonyl (C=O) groups is 3. The highest BCUT2D eigenvalue weighted by Crippen LogP contribution is 2.36. The molecule has 10 aromatic heterocycles. The maximum Gasteiger partial charge on any atom is 0.338 e. The Kier molecular flexibility index (Phi) is 30.8. The van der Waals surface area contributed by atoms with Gasteiger partial charge in [0, 0.05) is 128 Å². The molecular weight excluding hydrogens is 1550 g/mol. The number of methoxy groups -OCH3 is 1. The molecule has 0 radical (unpaired) electrons. The predicted molar refractivity (Wildman–Crippen MR) is 513 cm³/mol. The van der Waals surface area contributed by atoms with Crippen molar-refractivity contribution in [3.8, 4) is 78.7 Å². The van der Waals surface area contributed by atoms with Crippen LogP contribution in [0.3, 0.4) is 0 Å². The first-order chi connectivity index (χ1) is 62.2. The molecule has 0 aliphatic rings. The van der Waals surface area contributed by atoms with E-state index in [4.69, 9.17) is 4.74 Å². The van der Waals surface area contributed by atoms with Gasteiger partial charge in [-0.05, 0) is 144 Å². The first-order valence-electron chi connectivity index (χ1n) is 42.2. The normalized spacial score (nSPS) is 10.5. The van der Waals surface area contributed by atoms with Gasteiger partial charge in [0.2, 0.25) is 0 Å². The number of nitrogens with one attached hydrogen (secondary N) is 1. The summed E-state index contributed by atoms with van der Waals surface area (Å²) in [5.41, 5.74) is 21.8. The molecule has 0 unspecified atom stereocenters. The predicted octanol–water partition coefficient (Wildman–Crippen LogP) is 26.4. The number of hydrogen-bond donors (Lipinski definition) is 1. The lowest BCUT2D eigenvalue weighted by Crippen LogP contribution is -2.24. The van der Waals surface area contributed by atoms with Crippen molar-refractivity contribution in [1.29, 1.82) is 0 Å². The molecule has 0 spiro atoms. The number of ketones is 1. The number of amides is 1. The van der Waals surface area contributed by atoms with E-state index in [2.05, 4.69) is 209 Å². The number of carbonyl (C=O) groups excluding carboxylic acids is 3. The van der Waals surface area contributed by atoms with Crippen molar-refractivity contribution in [2.24, 2.45) is 0 Å². The van der Waals surface area contributed by atoms with E-state index in [1.165, 1.54) is 34.7 Å².